The fourth-order valence-electron chi connectivity index (χ4n) is 3.63. The zero-order chi connectivity index (χ0) is 19.1. The summed E-state index contributed by atoms with van der Waals surface area (Å²) in [6, 6.07) is 15.0. The molecule has 0 aliphatic heterocycles. The van der Waals surface area contributed by atoms with Crippen molar-refractivity contribution in [1.29, 1.82) is 0 Å². The second kappa shape index (κ2) is 6.24. The van der Waals surface area contributed by atoms with E-state index in [1.54, 1.807) is 23.8 Å². The number of nitrogens with zero attached hydrogens (tertiary/aromatic N) is 4. The molecule has 0 atom stereocenters. The molecule has 5 rings (SSSR count). The zero-order valence-corrected chi connectivity index (χ0v) is 14.9. The smallest absolute Gasteiger partial charge is 0.274 e. The van der Waals surface area contributed by atoms with E-state index in [1.807, 2.05) is 53.2 Å². The molecule has 7 heteroatoms. The minimum absolute atomic E-state index is 0.231. The highest BCUT2D eigenvalue weighted by Gasteiger charge is 2.48. The lowest BCUT2D eigenvalue weighted by Crippen LogP contribution is -2.19. The third kappa shape index (κ3) is 2.56. The van der Waals surface area contributed by atoms with Crippen molar-refractivity contribution in [1.82, 2.24) is 24.8 Å². The number of hydrogen-bond donors (Lipinski definition) is 2. The second-order valence-corrected chi connectivity index (χ2v) is 6.94. The van der Waals surface area contributed by atoms with Crippen LogP contribution in [0.25, 0.3) is 17.0 Å². The van der Waals surface area contributed by atoms with Gasteiger partial charge in [0.05, 0.1) is 23.0 Å². The van der Waals surface area contributed by atoms with Gasteiger partial charge in [-0.2, -0.15) is 0 Å². The third-order valence-corrected chi connectivity index (χ3v) is 5.31. The van der Waals surface area contributed by atoms with Gasteiger partial charge in [-0.25, -0.2) is 20.4 Å². The number of fused-ring (bicyclic) bond motifs is 1. The van der Waals surface area contributed by atoms with E-state index in [9.17, 15) is 4.79 Å². The third-order valence-electron chi connectivity index (χ3n) is 5.31. The Hall–Kier alpha value is -3.58. The number of aromatic nitrogens is 4. The summed E-state index contributed by atoms with van der Waals surface area (Å²) >= 11 is 0. The maximum absolute atomic E-state index is 11.5. The molecule has 2 N–H and O–H groups in total. The van der Waals surface area contributed by atoms with Crippen molar-refractivity contribution >= 4 is 11.6 Å². The number of carbonyl (C=O) groups excluding carboxylic acids is 1. The molecule has 3 aromatic heterocycles. The average molecular weight is 371 g/mol. The van der Waals surface area contributed by atoms with Gasteiger partial charge < -0.3 is 0 Å². The average Bonchev–Trinajstić information content (AvgIpc) is 3.46. The Balaban J connectivity index is 1.53. The number of imidazole rings is 1. The molecule has 7 nitrogen and oxygen atoms in total. The number of rotatable bonds is 4. The number of hydroxylamine groups is 1. The van der Waals surface area contributed by atoms with Crippen LogP contribution in [-0.2, 0) is 5.41 Å². The normalized spacial score (nSPS) is 14.8. The first-order valence-electron chi connectivity index (χ1n) is 9.02. The number of pyridine rings is 1. The van der Waals surface area contributed by atoms with Crippen LogP contribution in [0, 0.1) is 0 Å². The van der Waals surface area contributed by atoms with Crippen molar-refractivity contribution in [3.8, 4) is 11.4 Å². The van der Waals surface area contributed by atoms with E-state index in [4.69, 9.17) is 10.2 Å². The molecule has 4 aromatic rings. The first-order chi connectivity index (χ1) is 13.7. The highest BCUT2D eigenvalue weighted by molar-refractivity contribution is 5.93. The molecule has 28 heavy (non-hydrogen) atoms. The zero-order valence-electron chi connectivity index (χ0n) is 14.9. The van der Waals surface area contributed by atoms with Crippen LogP contribution in [-0.4, -0.2) is 30.5 Å². The minimum Gasteiger partial charge on any atom is -0.298 e. The van der Waals surface area contributed by atoms with Crippen molar-refractivity contribution < 1.29 is 10.0 Å². The predicted octanol–water partition coefficient (Wildman–Crippen LogP) is 2.99. The lowest BCUT2D eigenvalue weighted by atomic mass is 9.94. The van der Waals surface area contributed by atoms with Gasteiger partial charge in [-0.05, 0) is 48.7 Å². The van der Waals surface area contributed by atoms with Gasteiger partial charge in [0.2, 0.25) is 0 Å². The van der Waals surface area contributed by atoms with Crippen molar-refractivity contribution in [3.05, 3.63) is 84.1 Å². The number of nitrogens with one attached hydrogen (secondary N) is 1. The molecule has 0 unspecified atom stereocenters. The number of carbonyl (C=O) groups is 1. The molecule has 3 heterocycles. The largest absolute Gasteiger partial charge is 0.298 e. The van der Waals surface area contributed by atoms with Crippen LogP contribution in [0.2, 0.25) is 0 Å². The summed E-state index contributed by atoms with van der Waals surface area (Å²) in [6.45, 7) is 0. The van der Waals surface area contributed by atoms with E-state index in [-0.39, 0.29) is 5.41 Å². The van der Waals surface area contributed by atoms with Gasteiger partial charge in [0.1, 0.15) is 11.5 Å². The van der Waals surface area contributed by atoms with Crippen molar-refractivity contribution in [2.24, 2.45) is 0 Å². The van der Waals surface area contributed by atoms with Crippen LogP contribution in [0.5, 0.6) is 0 Å². The van der Waals surface area contributed by atoms with Crippen LogP contribution >= 0.6 is 0 Å². The predicted molar refractivity (Wildman–Crippen MR) is 102 cm³/mol. The van der Waals surface area contributed by atoms with Crippen LogP contribution < -0.4 is 5.48 Å². The topological polar surface area (TPSA) is 92.4 Å². The summed E-state index contributed by atoms with van der Waals surface area (Å²) in [6.07, 6.45) is 7.48. The van der Waals surface area contributed by atoms with Gasteiger partial charge in [0, 0.05) is 18.0 Å². The summed E-state index contributed by atoms with van der Waals surface area (Å²) in [5, 5.41) is 8.78. The van der Waals surface area contributed by atoms with Crippen molar-refractivity contribution in [2.45, 2.75) is 18.3 Å². The number of hydrogen-bond acceptors (Lipinski definition) is 5. The quantitative estimate of drug-likeness (QED) is 0.425. The van der Waals surface area contributed by atoms with E-state index in [0.717, 1.165) is 41.3 Å². The van der Waals surface area contributed by atoms with E-state index in [0.29, 0.717) is 5.56 Å². The monoisotopic (exact) mass is 371 g/mol. The standard InChI is InChI=1S/C21H17N5O2/c27-19(25-28)14-4-6-15(7-5-14)21(9-10-21)20-22-11-8-16(24-20)17-13-23-18-3-1-2-12-26(17)18/h1-8,11-13,28H,9-10H2,(H,25,27). The maximum atomic E-state index is 11.5. The lowest BCUT2D eigenvalue weighted by molar-refractivity contribution is 0.0706. The summed E-state index contributed by atoms with van der Waals surface area (Å²) in [5.41, 5.74) is 5.51. The Kier molecular flexibility index (Phi) is 3.70. The van der Waals surface area contributed by atoms with Gasteiger partial charge >= 0.3 is 0 Å². The SMILES string of the molecule is O=C(NO)c1ccc(C2(c3nccc(-c4cnc5ccccn45)n3)CC2)cc1. The molecule has 1 saturated carbocycles. The number of amides is 1. The Bertz CT molecular complexity index is 1180. The first-order valence-corrected chi connectivity index (χ1v) is 9.02. The van der Waals surface area contributed by atoms with E-state index in [2.05, 4.69) is 9.97 Å². The highest BCUT2D eigenvalue weighted by atomic mass is 16.5. The van der Waals surface area contributed by atoms with Crippen molar-refractivity contribution in [2.75, 3.05) is 0 Å². The molecule has 1 aromatic carbocycles. The fraction of sp³-hybridized carbons (Fsp3) is 0.143. The Morgan fingerprint density at radius 2 is 1.89 bits per heavy atom. The van der Waals surface area contributed by atoms with Gasteiger partial charge in [0.25, 0.3) is 5.91 Å². The van der Waals surface area contributed by atoms with Gasteiger partial charge in [0.15, 0.2) is 0 Å². The molecule has 138 valence electrons. The molecular weight excluding hydrogens is 354 g/mol. The number of benzene rings is 1. The highest BCUT2D eigenvalue weighted by Crippen LogP contribution is 2.52. The van der Waals surface area contributed by atoms with Crippen LogP contribution in [0.15, 0.2) is 67.1 Å². The van der Waals surface area contributed by atoms with Crippen LogP contribution in [0.1, 0.15) is 34.6 Å². The molecule has 1 fully saturated rings. The molecule has 0 bridgehead atoms. The maximum Gasteiger partial charge on any atom is 0.274 e. The molecular formula is C21H17N5O2. The summed E-state index contributed by atoms with van der Waals surface area (Å²) < 4.78 is 2.01. The Labute approximate surface area is 160 Å². The van der Waals surface area contributed by atoms with E-state index >= 15 is 0 Å². The Morgan fingerprint density at radius 1 is 1.07 bits per heavy atom. The fourth-order valence-corrected chi connectivity index (χ4v) is 3.63. The Morgan fingerprint density at radius 3 is 2.64 bits per heavy atom. The minimum atomic E-state index is -0.526. The van der Waals surface area contributed by atoms with E-state index < -0.39 is 5.91 Å². The molecule has 1 aliphatic carbocycles. The van der Waals surface area contributed by atoms with Gasteiger partial charge in [-0.1, -0.05) is 18.2 Å². The summed E-state index contributed by atoms with van der Waals surface area (Å²) in [7, 11) is 0. The van der Waals surface area contributed by atoms with Gasteiger partial charge in [-0.3, -0.25) is 14.4 Å². The van der Waals surface area contributed by atoms with Crippen LogP contribution in [0.4, 0.5) is 0 Å². The molecule has 0 saturated heterocycles. The second-order valence-electron chi connectivity index (χ2n) is 6.94. The first kappa shape index (κ1) is 16.6. The lowest BCUT2D eigenvalue weighted by Gasteiger charge is -2.15. The molecule has 0 spiro atoms. The van der Waals surface area contributed by atoms with Gasteiger partial charge in [-0.15, -0.1) is 0 Å². The summed E-state index contributed by atoms with van der Waals surface area (Å²) in [5.74, 6) is 0.248. The van der Waals surface area contributed by atoms with E-state index in [1.165, 1.54) is 0 Å². The molecule has 0 radical (unpaired) electrons. The summed E-state index contributed by atoms with van der Waals surface area (Å²) in [4.78, 5) is 25.4. The van der Waals surface area contributed by atoms with Crippen LogP contribution in [0.3, 0.4) is 0 Å². The molecule has 1 amide bonds. The van der Waals surface area contributed by atoms with Crippen molar-refractivity contribution in [3.63, 3.8) is 0 Å². The molecule has 1 aliphatic rings.